The number of methoxy groups -OCH3 is 1. The van der Waals surface area contributed by atoms with Crippen molar-refractivity contribution in [2.45, 2.75) is 33.2 Å². The number of ether oxygens (including phenoxy) is 2. The highest BCUT2D eigenvalue weighted by atomic mass is 32.1. The second-order valence-electron chi connectivity index (χ2n) is 4.58. The lowest BCUT2D eigenvalue weighted by molar-refractivity contribution is 0.376. The SMILES string of the molecule is CCCNCc1nnc(Oc2ccc(CC)cc2OC)s1. The number of hydrogen-bond donors (Lipinski definition) is 1. The number of rotatable bonds is 8. The number of benzene rings is 1. The van der Waals surface area contributed by atoms with Crippen LogP contribution in [0.15, 0.2) is 18.2 Å². The molecule has 0 aliphatic heterocycles. The molecule has 1 aromatic carbocycles. The van der Waals surface area contributed by atoms with E-state index in [1.165, 1.54) is 16.9 Å². The van der Waals surface area contributed by atoms with Gasteiger partial charge in [-0.2, -0.15) is 0 Å². The Morgan fingerprint density at radius 1 is 1.19 bits per heavy atom. The molecule has 0 saturated carbocycles. The van der Waals surface area contributed by atoms with Gasteiger partial charge in [0.15, 0.2) is 11.5 Å². The molecule has 0 bridgehead atoms. The molecule has 1 heterocycles. The number of aromatic nitrogens is 2. The molecule has 114 valence electrons. The van der Waals surface area contributed by atoms with Gasteiger partial charge < -0.3 is 14.8 Å². The Hall–Kier alpha value is -1.66. The molecule has 0 fully saturated rings. The highest BCUT2D eigenvalue weighted by Crippen LogP contribution is 2.33. The highest BCUT2D eigenvalue weighted by molar-refractivity contribution is 7.13. The quantitative estimate of drug-likeness (QED) is 0.758. The van der Waals surface area contributed by atoms with Crippen LogP contribution in [-0.4, -0.2) is 23.9 Å². The predicted molar refractivity (Wildman–Crippen MR) is 84.4 cm³/mol. The molecular weight excluding hydrogens is 286 g/mol. The van der Waals surface area contributed by atoms with E-state index in [0.29, 0.717) is 10.9 Å². The summed E-state index contributed by atoms with van der Waals surface area (Å²) in [5, 5.41) is 12.9. The molecule has 2 aromatic rings. The third-order valence-corrected chi connectivity index (χ3v) is 3.79. The Morgan fingerprint density at radius 2 is 2.05 bits per heavy atom. The third kappa shape index (κ3) is 4.41. The minimum absolute atomic E-state index is 0.533. The van der Waals surface area contributed by atoms with Crippen LogP contribution in [-0.2, 0) is 13.0 Å². The summed E-state index contributed by atoms with van der Waals surface area (Å²) >= 11 is 1.44. The van der Waals surface area contributed by atoms with Gasteiger partial charge in [-0.25, -0.2) is 0 Å². The summed E-state index contributed by atoms with van der Waals surface area (Å²) in [5.74, 6) is 1.38. The van der Waals surface area contributed by atoms with Crippen LogP contribution < -0.4 is 14.8 Å². The Morgan fingerprint density at radius 3 is 2.76 bits per heavy atom. The first-order valence-electron chi connectivity index (χ1n) is 7.14. The number of aryl methyl sites for hydroxylation is 1. The summed E-state index contributed by atoms with van der Waals surface area (Å²) in [6.45, 7) is 5.94. The van der Waals surface area contributed by atoms with Gasteiger partial charge in [0.2, 0.25) is 0 Å². The van der Waals surface area contributed by atoms with Gasteiger partial charge in [-0.1, -0.05) is 36.3 Å². The van der Waals surface area contributed by atoms with E-state index in [1.54, 1.807) is 7.11 Å². The Bertz CT molecular complexity index is 572. The summed E-state index contributed by atoms with van der Waals surface area (Å²) in [7, 11) is 1.64. The van der Waals surface area contributed by atoms with E-state index < -0.39 is 0 Å². The second kappa shape index (κ2) is 7.95. The van der Waals surface area contributed by atoms with E-state index in [-0.39, 0.29) is 0 Å². The smallest absolute Gasteiger partial charge is 0.299 e. The van der Waals surface area contributed by atoms with E-state index in [2.05, 4.69) is 29.4 Å². The predicted octanol–water partition coefficient (Wildman–Crippen LogP) is 3.40. The lowest BCUT2D eigenvalue weighted by Crippen LogP contribution is -2.13. The van der Waals surface area contributed by atoms with Crippen molar-refractivity contribution in [2.75, 3.05) is 13.7 Å². The molecule has 6 heteroatoms. The zero-order valence-electron chi connectivity index (χ0n) is 12.7. The molecule has 0 amide bonds. The van der Waals surface area contributed by atoms with Crippen LogP contribution in [0.1, 0.15) is 30.8 Å². The summed E-state index contributed by atoms with van der Waals surface area (Å²) in [6.07, 6.45) is 2.06. The van der Waals surface area contributed by atoms with Gasteiger partial charge >= 0.3 is 0 Å². The number of nitrogens with one attached hydrogen (secondary N) is 1. The molecule has 1 aromatic heterocycles. The first-order chi connectivity index (χ1) is 10.3. The van der Waals surface area contributed by atoms with Crippen LogP contribution in [0.5, 0.6) is 16.7 Å². The zero-order valence-corrected chi connectivity index (χ0v) is 13.5. The third-order valence-electron chi connectivity index (χ3n) is 2.98. The maximum absolute atomic E-state index is 5.78. The number of nitrogens with zero attached hydrogens (tertiary/aromatic N) is 2. The normalized spacial score (nSPS) is 10.6. The summed E-state index contributed by atoms with van der Waals surface area (Å²) in [5.41, 5.74) is 1.21. The van der Waals surface area contributed by atoms with E-state index in [4.69, 9.17) is 9.47 Å². The highest BCUT2D eigenvalue weighted by Gasteiger charge is 2.10. The maximum Gasteiger partial charge on any atom is 0.299 e. The van der Waals surface area contributed by atoms with Gasteiger partial charge in [0.25, 0.3) is 5.19 Å². The van der Waals surface area contributed by atoms with Crippen molar-refractivity contribution < 1.29 is 9.47 Å². The van der Waals surface area contributed by atoms with Crippen LogP contribution in [0, 0.1) is 0 Å². The largest absolute Gasteiger partial charge is 0.493 e. The van der Waals surface area contributed by atoms with Crippen molar-refractivity contribution in [3.63, 3.8) is 0 Å². The van der Waals surface area contributed by atoms with Gasteiger partial charge in [0, 0.05) is 6.54 Å². The Balaban J connectivity index is 2.04. The molecule has 0 aliphatic carbocycles. The van der Waals surface area contributed by atoms with Crippen LogP contribution in [0.25, 0.3) is 0 Å². The van der Waals surface area contributed by atoms with Crippen LogP contribution in [0.4, 0.5) is 0 Å². The van der Waals surface area contributed by atoms with Crippen molar-refractivity contribution in [1.29, 1.82) is 0 Å². The Kier molecular flexibility index (Phi) is 5.95. The molecule has 2 rings (SSSR count). The maximum atomic E-state index is 5.78. The van der Waals surface area contributed by atoms with Crippen molar-refractivity contribution in [3.05, 3.63) is 28.8 Å². The first-order valence-corrected chi connectivity index (χ1v) is 7.96. The van der Waals surface area contributed by atoms with Crippen molar-refractivity contribution in [3.8, 4) is 16.7 Å². The lowest BCUT2D eigenvalue weighted by Gasteiger charge is -2.09. The van der Waals surface area contributed by atoms with E-state index in [0.717, 1.165) is 36.7 Å². The van der Waals surface area contributed by atoms with Crippen molar-refractivity contribution >= 4 is 11.3 Å². The molecule has 5 nitrogen and oxygen atoms in total. The average molecular weight is 307 g/mol. The van der Waals surface area contributed by atoms with Gasteiger partial charge in [-0.3, -0.25) is 0 Å². The molecule has 0 radical (unpaired) electrons. The lowest BCUT2D eigenvalue weighted by atomic mass is 10.1. The van der Waals surface area contributed by atoms with Crippen molar-refractivity contribution in [2.24, 2.45) is 0 Å². The first kappa shape index (κ1) is 15.7. The minimum atomic E-state index is 0.533. The Labute approximate surface area is 129 Å². The monoisotopic (exact) mass is 307 g/mol. The molecule has 1 N–H and O–H groups in total. The van der Waals surface area contributed by atoms with Gasteiger partial charge in [-0.05, 0) is 37.1 Å². The van der Waals surface area contributed by atoms with E-state index in [9.17, 15) is 0 Å². The van der Waals surface area contributed by atoms with Crippen LogP contribution in [0.3, 0.4) is 0 Å². The van der Waals surface area contributed by atoms with Gasteiger partial charge in [-0.15, -0.1) is 5.10 Å². The summed E-state index contributed by atoms with van der Waals surface area (Å²) in [4.78, 5) is 0. The number of hydrogen-bond acceptors (Lipinski definition) is 6. The fourth-order valence-corrected chi connectivity index (χ4v) is 2.50. The topological polar surface area (TPSA) is 56.3 Å². The fourth-order valence-electron chi connectivity index (χ4n) is 1.83. The second-order valence-corrected chi connectivity index (χ2v) is 5.60. The molecule has 0 spiro atoms. The van der Waals surface area contributed by atoms with Gasteiger partial charge in [0.05, 0.1) is 7.11 Å². The van der Waals surface area contributed by atoms with E-state index >= 15 is 0 Å². The summed E-state index contributed by atoms with van der Waals surface area (Å²) < 4.78 is 11.1. The molecule has 0 saturated heterocycles. The summed E-state index contributed by atoms with van der Waals surface area (Å²) in [6, 6.07) is 5.93. The van der Waals surface area contributed by atoms with Crippen LogP contribution >= 0.6 is 11.3 Å². The zero-order chi connectivity index (χ0) is 15.1. The standard InChI is InChI=1S/C15H21N3O2S/c1-4-8-16-10-14-17-18-15(21-14)20-12-7-6-11(5-2)9-13(12)19-3/h6-7,9,16H,4-5,8,10H2,1-3H3. The molecule has 0 atom stereocenters. The van der Waals surface area contributed by atoms with Crippen LogP contribution in [0.2, 0.25) is 0 Å². The average Bonchev–Trinajstić information content (AvgIpc) is 2.95. The van der Waals surface area contributed by atoms with E-state index in [1.807, 2.05) is 18.2 Å². The minimum Gasteiger partial charge on any atom is -0.493 e. The van der Waals surface area contributed by atoms with Crippen molar-refractivity contribution in [1.82, 2.24) is 15.5 Å². The molecule has 21 heavy (non-hydrogen) atoms. The van der Waals surface area contributed by atoms with Gasteiger partial charge in [0.1, 0.15) is 5.01 Å². The molecular formula is C15H21N3O2S. The fraction of sp³-hybridized carbons (Fsp3) is 0.467. The molecule has 0 unspecified atom stereocenters. The molecule has 0 aliphatic rings.